The van der Waals surface area contributed by atoms with Gasteiger partial charge >= 0.3 is 0 Å². The minimum atomic E-state index is 0.292. The van der Waals surface area contributed by atoms with Crippen molar-refractivity contribution in [2.75, 3.05) is 0 Å². The van der Waals surface area contributed by atoms with Crippen LogP contribution >= 0.6 is 0 Å². The quantitative estimate of drug-likeness (QED) is 0.529. The van der Waals surface area contributed by atoms with E-state index in [-0.39, 0.29) is 0 Å². The largest absolute Gasteiger partial charge is 0.300 e. The Hall–Kier alpha value is -1.11. The van der Waals surface area contributed by atoms with Crippen LogP contribution in [0.4, 0.5) is 0 Å². The fraction of sp³-hybridized carbons (Fsp3) is 0.611. The van der Waals surface area contributed by atoms with Gasteiger partial charge in [0.15, 0.2) is 0 Å². The van der Waals surface area contributed by atoms with Crippen molar-refractivity contribution in [3.8, 4) is 0 Å². The van der Waals surface area contributed by atoms with E-state index >= 15 is 0 Å². The minimum Gasteiger partial charge on any atom is -0.300 e. The molecule has 0 heterocycles. The molecule has 0 spiro atoms. The second-order valence-electron chi connectivity index (χ2n) is 5.53. The fourth-order valence-corrected chi connectivity index (χ4v) is 2.57. The van der Waals surface area contributed by atoms with Gasteiger partial charge < -0.3 is 0 Å². The molecule has 1 rings (SSSR count). The Morgan fingerprint density at radius 3 is 2.32 bits per heavy atom. The molecule has 0 amide bonds. The Morgan fingerprint density at radius 2 is 1.68 bits per heavy atom. The molecule has 0 N–H and O–H groups in total. The predicted octanol–water partition coefficient (Wildman–Crippen LogP) is 5.18. The second kappa shape index (κ2) is 9.77. The second-order valence-corrected chi connectivity index (χ2v) is 5.53. The van der Waals surface area contributed by atoms with Crippen LogP contribution in [0, 0.1) is 5.92 Å². The molecule has 106 valence electrons. The summed E-state index contributed by atoms with van der Waals surface area (Å²) in [5.74, 6) is 0.671. The summed E-state index contributed by atoms with van der Waals surface area (Å²) >= 11 is 0. The number of hydrogen-bond donors (Lipinski definition) is 0. The third-order valence-electron chi connectivity index (χ3n) is 3.84. The summed E-state index contributed by atoms with van der Waals surface area (Å²) in [6, 6.07) is 10.6. The van der Waals surface area contributed by atoms with E-state index in [4.69, 9.17) is 0 Å². The molecule has 1 unspecified atom stereocenters. The van der Waals surface area contributed by atoms with E-state index in [2.05, 4.69) is 37.3 Å². The average molecular weight is 260 g/mol. The topological polar surface area (TPSA) is 17.1 Å². The van der Waals surface area contributed by atoms with Gasteiger partial charge in [-0.25, -0.2) is 0 Å². The Morgan fingerprint density at radius 1 is 1.00 bits per heavy atom. The molecule has 0 aliphatic rings. The van der Waals surface area contributed by atoms with Gasteiger partial charge in [0.1, 0.15) is 5.78 Å². The lowest BCUT2D eigenvalue weighted by molar-refractivity contribution is -0.121. The number of Topliss-reactive ketones (excluding diaryl/α,β-unsaturated/α-hetero) is 1. The number of unbranched alkanes of at least 4 members (excludes halogenated alkanes) is 3. The lowest BCUT2D eigenvalue weighted by Crippen LogP contribution is -2.11. The summed E-state index contributed by atoms with van der Waals surface area (Å²) in [6.07, 6.45) is 9.41. The molecule has 0 aromatic heterocycles. The Labute approximate surface area is 118 Å². The summed E-state index contributed by atoms with van der Waals surface area (Å²) in [6.45, 7) is 3.98. The third-order valence-corrected chi connectivity index (χ3v) is 3.84. The van der Waals surface area contributed by atoms with Gasteiger partial charge in [-0.15, -0.1) is 0 Å². The van der Waals surface area contributed by atoms with Crippen molar-refractivity contribution < 1.29 is 4.79 Å². The van der Waals surface area contributed by atoms with Gasteiger partial charge in [0.2, 0.25) is 0 Å². The normalized spacial score (nSPS) is 12.3. The van der Waals surface area contributed by atoms with E-state index in [9.17, 15) is 4.79 Å². The number of aryl methyl sites for hydroxylation is 1. The number of ketones is 1. The molecule has 0 aliphatic carbocycles. The maximum atomic E-state index is 11.7. The monoisotopic (exact) mass is 260 g/mol. The zero-order chi connectivity index (χ0) is 13.9. The highest BCUT2D eigenvalue weighted by molar-refractivity contribution is 5.78. The number of hydrogen-bond acceptors (Lipinski definition) is 1. The first-order valence-electron chi connectivity index (χ1n) is 7.78. The van der Waals surface area contributed by atoms with Crippen molar-refractivity contribution in [3.63, 3.8) is 0 Å². The Balaban J connectivity index is 2.24. The summed E-state index contributed by atoms with van der Waals surface area (Å²) in [5, 5.41) is 0. The van der Waals surface area contributed by atoms with Gasteiger partial charge in [-0.3, -0.25) is 4.79 Å². The van der Waals surface area contributed by atoms with E-state index in [1.165, 1.54) is 31.2 Å². The Bertz CT molecular complexity index is 342. The highest BCUT2D eigenvalue weighted by atomic mass is 16.1. The Kier molecular flexibility index (Phi) is 8.20. The van der Waals surface area contributed by atoms with Crippen molar-refractivity contribution in [3.05, 3.63) is 35.9 Å². The van der Waals surface area contributed by atoms with E-state index in [1.807, 2.05) is 0 Å². The predicted molar refractivity (Wildman–Crippen MR) is 82.3 cm³/mol. The van der Waals surface area contributed by atoms with Crippen LogP contribution in [0.5, 0.6) is 0 Å². The minimum absolute atomic E-state index is 0.292. The van der Waals surface area contributed by atoms with E-state index in [0.29, 0.717) is 11.7 Å². The van der Waals surface area contributed by atoms with Gasteiger partial charge in [0, 0.05) is 5.92 Å². The molecule has 1 nitrogen and oxygen atoms in total. The maximum Gasteiger partial charge on any atom is 0.132 e. The lowest BCUT2D eigenvalue weighted by Gasteiger charge is -2.13. The third kappa shape index (κ3) is 7.15. The van der Waals surface area contributed by atoms with Crippen molar-refractivity contribution in [1.29, 1.82) is 0 Å². The van der Waals surface area contributed by atoms with Crippen LogP contribution in [0.25, 0.3) is 0 Å². The summed E-state index contributed by atoms with van der Waals surface area (Å²) < 4.78 is 0. The van der Waals surface area contributed by atoms with Crippen LogP contribution in [-0.2, 0) is 11.2 Å². The number of carbonyl (C=O) groups is 1. The highest BCUT2D eigenvalue weighted by Gasteiger charge is 2.13. The summed E-state index contributed by atoms with van der Waals surface area (Å²) in [7, 11) is 0. The van der Waals surface area contributed by atoms with Gasteiger partial charge in [-0.2, -0.15) is 0 Å². The van der Waals surface area contributed by atoms with Crippen LogP contribution < -0.4 is 0 Å². The van der Waals surface area contributed by atoms with Crippen molar-refractivity contribution in [1.82, 2.24) is 0 Å². The van der Waals surface area contributed by atoms with Crippen LogP contribution in [-0.4, -0.2) is 5.78 Å². The van der Waals surface area contributed by atoms with E-state index < -0.39 is 0 Å². The van der Waals surface area contributed by atoms with Gasteiger partial charge in [0.25, 0.3) is 0 Å². The summed E-state index contributed by atoms with van der Waals surface area (Å²) in [5.41, 5.74) is 1.38. The molecule has 0 fully saturated rings. The summed E-state index contributed by atoms with van der Waals surface area (Å²) in [4.78, 5) is 11.7. The van der Waals surface area contributed by atoms with Crippen LogP contribution in [0.3, 0.4) is 0 Å². The molecular formula is C18H28O. The molecule has 1 aromatic carbocycles. The fourth-order valence-electron chi connectivity index (χ4n) is 2.57. The van der Waals surface area contributed by atoms with Crippen LogP contribution in [0.1, 0.15) is 64.4 Å². The highest BCUT2D eigenvalue weighted by Crippen LogP contribution is 2.18. The maximum absolute atomic E-state index is 11.7. The first-order chi connectivity index (χ1) is 9.24. The molecule has 19 heavy (non-hydrogen) atoms. The first kappa shape index (κ1) is 15.9. The molecule has 1 aromatic rings. The molecule has 0 aliphatic heterocycles. The van der Waals surface area contributed by atoms with Gasteiger partial charge in [-0.1, -0.05) is 62.9 Å². The molecule has 0 bridgehead atoms. The van der Waals surface area contributed by atoms with Crippen molar-refractivity contribution in [2.24, 2.45) is 5.92 Å². The van der Waals surface area contributed by atoms with E-state index in [0.717, 1.165) is 25.7 Å². The molecule has 0 saturated heterocycles. The van der Waals surface area contributed by atoms with Crippen LogP contribution in [0.2, 0.25) is 0 Å². The zero-order valence-electron chi connectivity index (χ0n) is 12.5. The first-order valence-corrected chi connectivity index (χ1v) is 7.78. The number of benzene rings is 1. The smallest absolute Gasteiger partial charge is 0.132 e. The van der Waals surface area contributed by atoms with E-state index in [1.54, 1.807) is 6.92 Å². The van der Waals surface area contributed by atoms with Crippen LogP contribution in [0.15, 0.2) is 30.3 Å². The standard InChI is InChI=1S/C18H28O/c1-3-4-5-9-14-18(16(2)19)15-10-13-17-11-7-6-8-12-17/h6-8,11-12,18H,3-5,9-10,13-15H2,1-2H3. The molecule has 0 saturated carbocycles. The number of rotatable bonds is 10. The molecule has 1 atom stereocenters. The van der Waals surface area contributed by atoms with Crippen molar-refractivity contribution in [2.45, 2.75) is 65.2 Å². The molecular weight excluding hydrogens is 232 g/mol. The number of carbonyl (C=O) groups excluding carboxylic acids is 1. The molecule has 1 heteroatoms. The van der Waals surface area contributed by atoms with Gasteiger partial charge in [-0.05, 0) is 38.2 Å². The zero-order valence-corrected chi connectivity index (χ0v) is 12.5. The van der Waals surface area contributed by atoms with Gasteiger partial charge in [0.05, 0.1) is 0 Å². The molecule has 0 radical (unpaired) electrons. The average Bonchev–Trinajstić information content (AvgIpc) is 2.42. The van der Waals surface area contributed by atoms with Crippen molar-refractivity contribution >= 4 is 5.78 Å². The SMILES string of the molecule is CCCCCCC(CCCc1ccccc1)C(C)=O. The lowest BCUT2D eigenvalue weighted by atomic mass is 9.91.